The number of fused-ring (bicyclic) bond motifs is 2. The van der Waals surface area contributed by atoms with Crippen LogP contribution in [0.1, 0.15) is 27.7 Å². The molecule has 0 spiro atoms. The van der Waals surface area contributed by atoms with Gasteiger partial charge >= 0.3 is 7.12 Å². The van der Waals surface area contributed by atoms with E-state index in [0.717, 1.165) is 0 Å². The molecule has 0 radical (unpaired) electrons. The van der Waals surface area contributed by atoms with Crippen molar-refractivity contribution in [1.29, 1.82) is 0 Å². The van der Waals surface area contributed by atoms with Crippen molar-refractivity contribution in [1.82, 2.24) is 0 Å². The monoisotopic (exact) mass is 406 g/mol. The molecule has 1 fully saturated rings. The van der Waals surface area contributed by atoms with Crippen molar-refractivity contribution in [2.45, 2.75) is 58.5 Å². The minimum atomic E-state index is -3.97. The van der Waals surface area contributed by atoms with Gasteiger partial charge in [0, 0.05) is 0 Å². The Bertz CT molecular complexity index is 1150. The molecule has 142 valence electrons. The van der Waals surface area contributed by atoms with E-state index >= 15 is 0 Å². The normalized spacial score (nSPS) is 23.5. The van der Waals surface area contributed by atoms with Crippen molar-refractivity contribution in [3.05, 3.63) is 42.5 Å². The molecular weight excluding hydrogens is 387 g/mol. The van der Waals surface area contributed by atoms with E-state index in [4.69, 9.17) is 9.31 Å². The molecule has 2 aliphatic rings. The van der Waals surface area contributed by atoms with E-state index < -0.39 is 38.0 Å². The van der Waals surface area contributed by atoms with Gasteiger partial charge in [0.15, 0.2) is 0 Å². The molecule has 9 heteroatoms. The summed E-state index contributed by atoms with van der Waals surface area (Å²) in [6, 6.07) is 9.85. The summed E-state index contributed by atoms with van der Waals surface area (Å²) >= 11 is 0. The Morgan fingerprint density at radius 2 is 1.15 bits per heavy atom. The predicted octanol–water partition coefficient (Wildman–Crippen LogP) is 1.96. The standard InChI is InChI=1S/C18H19BO6S2/c1-17(2)18(3,4)25-19(24-17)12-9-10-15-16(11-12)27(22,23)14-8-6-5-7-13(14)26(15,20)21/h5-11H,1-4H3. The molecule has 0 bridgehead atoms. The van der Waals surface area contributed by atoms with E-state index in [0.29, 0.717) is 5.46 Å². The molecule has 6 nitrogen and oxygen atoms in total. The maximum Gasteiger partial charge on any atom is 0.494 e. The van der Waals surface area contributed by atoms with Crippen molar-refractivity contribution in [2.75, 3.05) is 0 Å². The van der Waals surface area contributed by atoms with Gasteiger partial charge in [-0.1, -0.05) is 18.2 Å². The van der Waals surface area contributed by atoms with Crippen LogP contribution in [0.4, 0.5) is 0 Å². The molecule has 0 aliphatic carbocycles. The zero-order valence-corrected chi connectivity index (χ0v) is 17.0. The van der Waals surface area contributed by atoms with Gasteiger partial charge in [-0.15, -0.1) is 0 Å². The molecule has 2 aromatic carbocycles. The van der Waals surface area contributed by atoms with Crippen LogP contribution in [-0.2, 0) is 29.0 Å². The van der Waals surface area contributed by atoms with Crippen LogP contribution in [0.25, 0.3) is 0 Å². The Kier molecular flexibility index (Phi) is 3.76. The van der Waals surface area contributed by atoms with Crippen LogP contribution in [0.2, 0.25) is 0 Å². The molecule has 0 N–H and O–H groups in total. The van der Waals surface area contributed by atoms with Crippen LogP contribution in [0.5, 0.6) is 0 Å². The number of benzene rings is 2. The van der Waals surface area contributed by atoms with Crippen molar-refractivity contribution in [3.63, 3.8) is 0 Å². The van der Waals surface area contributed by atoms with Crippen molar-refractivity contribution in [2.24, 2.45) is 0 Å². The van der Waals surface area contributed by atoms with Gasteiger partial charge in [0.05, 0.1) is 30.8 Å². The van der Waals surface area contributed by atoms with Crippen molar-refractivity contribution in [3.8, 4) is 0 Å². The lowest BCUT2D eigenvalue weighted by Crippen LogP contribution is -2.41. The fourth-order valence-electron chi connectivity index (χ4n) is 3.21. The topological polar surface area (TPSA) is 86.7 Å². The average Bonchev–Trinajstić information content (AvgIpc) is 2.81. The lowest BCUT2D eigenvalue weighted by atomic mass is 9.79. The lowest BCUT2D eigenvalue weighted by Gasteiger charge is -2.32. The quantitative estimate of drug-likeness (QED) is 0.575. The Morgan fingerprint density at radius 1 is 0.704 bits per heavy atom. The SMILES string of the molecule is CC1(C)OB(c2ccc3c(c2)S(=O)(=O)c2ccccc2S3(=O)=O)OC1(C)C. The molecule has 2 aromatic rings. The van der Waals surface area contributed by atoms with Crippen molar-refractivity contribution < 1.29 is 26.1 Å². The van der Waals surface area contributed by atoms with Crippen LogP contribution < -0.4 is 5.46 Å². The molecular formula is C18H19BO6S2. The van der Waals surface area contributed by atoms with Crippen LogP contribution >= 0.6 is 0 Å². The molecule has 1 saturated heterocycles. The number of hydrogen-bond donors (Lipinski definition) is 0. The highest BCUT2D eigenvalue weighted by Crippen LogP contribution is 2.41. The van der Waals surface area contributed by atoms with E-state index in [1.807, 2.05) is 27.7 Å². The van der Waals surface area contributed by atoms with Crippen molar-refractivity contribution >= 4 is 32.3 Å². The second-order valence-electron chi connectivity index (χ2n) is 7.75. The van der Waals surface area contributed by atoms with Gasteiger partial charge in [-0.3, -0.25) is 0 Å². The fourth-order valence-corrected chi connectivity index (χ4v) is 7.38. The molecule has 0 aromatic heterocycles. The number of rotatable bonds is 1. The molecule has 2 heterocycles. The second kappa shape index (κ2) is 5.44. The highest BCUT2D eigenvalue weighted by atomic mass is 32.2. The summed E-state index contributed by atoms with van der Waals surface area (Å²) in [5.74, 6) is 0. The highest BCUT2D eigenvalue weighted by molar-refractivity contribution is 7.97. The number of hydrogen-bond acceptors (Lipinski definition) is 6. The van der Waals surface area contributed by atoms with Crippen LogP contribution in [0.3, 0.4) is 0 Å². The zero-order chi connectivity index (χ0) is 19.8. The minimum Gasteiger partial charge on any atom is -0.399 e. The zero-order valence-electron chi connectivity index (χ0n) is 15.4. The average molecular weight is 406 g/mol. The second-order valence-corrected chi connectivity index (χ2v) is 11.5. The summed E-state index contributed by atoms with van der Waals surface area (Å²) in [7, 11) is -8.67. The Hall–Kier alpha value is -1.68. The third kappa shape index (κ3) is 2.52. The first kappa shape index (κ1) is 18.7. The summed E-state index contributed by atoms with van der Waals surface area (Å²) in [6.45, 7) is 7.57. The smallest absolute Gasteiger partial charge is 0.399 e. The summed E-state index contributed by atoms with van der Waals surface area (Å²) in [5.41, 5.74) is -0.721. The first-order valence-electron chi connectivity index (χ1n) is 8.47. The number of sulfone groups is 2. The molecule has 4 rings (SSSR count). The van der Waals surface area contributed by atoms with Gasteiger partial charge in [-0.25, -0.2) is 16.8 Å². The molecule has 0 saturated carbocycles. The van der Waals surface area contributed by atoms with Gasteiger partial charge in [-0.05, 0) is 57.4 Å². The van der Waals surface area contributed by atoms with Gasteiger partial charge in [0.1, 0.15) is 0 Å². The minimum absolute atomic E-state index is 0.194. The first-order chi connectivity index (χ1) is 12.4. The van der Waals surface area contributed by atoms with Gasteiger partial charge in [0.25, 0.3) is 0 Å². The lowest BCUT2D eigenvalue weighted by molar-refractivity contribution is 0.00578. The highest BCUT2D eigenvalue weighted by Gasteiger charge is 2.52. The van der Waals surface area contributed by atoms with E-state index in [9.17, 15) is 16.8 Å². The predicted molar refractivity (Wildman–Crippen MR) is 99.5 cm³/mol. The van der Waals surface area contributed by atoms with E-state index in [1.165, 1.54) is 36.4 Å². The molecule has 0 amide bonds. The summed E-state index contributed by atoms with van der Waals surface area (Å²) in [5, 5.41) is 0. The first-order valence-corrected chi connectivity index (χ1v) is 11.4. The Morgan fingerprint density at radius 3 is 1.67 bits per heavy atom. The van der Waals surface area contributed by atoms with E-state index in [-0.39, 0.29) is 19.6 Å². The maximum atomic E-state index is 13.1. The molecule has 27 heavy (non-hydrogen) atoms. The van der Waals surface area contributed by atoms with Gasteiger partial charge < -0.3 is 9.31 Å². The molecule has 0 unspecified atom stereocenters. The van der Waals surface area contributed by atoms with Gasteiger partial charge in [-0.2, -0.15) is 0 Å². The van der Waals surface area contributed by atoms with Gasteiger partial charge in [0.2, 0.25) is 19.7 Å². The Labute approximate surface area is 159 Å². The summed E-state index contributed by atoms with van der Waals surface area (Å²) in [4.78, 5) is -0.862. The van der Waals surface area contributed by atoms with E-state index in [2.05, 4.69) is 0 Å². The molecule has 2 aliphatic heterocycles. The third-order valence-corrected chi connectivity index (χ3v) is 9.48. The Balaban J connectivity index is 1.90. The largest absolute Gasteiger partial charge is 0.494 e. The fraction of sp³-hybridized carbons (Fsp3) is 0.333. The van der Waals surface area contributed by atoms with E-state index in [1.54, 1.807) is 6.07 Å². The molecule has 0 atom stereocenters. The summed E-state index contributed by atoms with van der Waals surface area (Å²) in [6.07, 6.45) is 0. The third-order valence-electron chi connectivity index (χ3n) is 5.50. The van der Waals surface area contributed by atoms with Crippen LogP contribution in [0.15, 0.2) is 62.0 Å². The summed E-state index contributed by atoms with van der Waals surface area (Å²) < 4.78 is 63.8. The maximum absolute atomic E-state index is 13.1. The van der Waals surface area contributed by atoms with Crippen LogP contribution in [-0.4, -0.2) is 35.2 Å². The van der Waals surface area contributed by atoms with Crippen LogP contribution in [0, 0.1) is 0 Å².